The van der Waals surface area contributed by atoms with Gasteiger partial charge in [0.1, 0.15) is 0 Å². The topological polar surface area (TPSA) is 43.7 Å². The molecule has 3 heteroatoms. The zero-order valence-corrected chi connectivity index (χ0v) is 16.3. The Labute approximate surface area is 145 Å². The van der Waals surface area contributed by atoms with Crippen molar-refractivity contribution in [2.24, 2.45) is 0 Å². The molecule has 0 saturated carbocycles. The van der Waals surface area contributed by atoms with Gasteiger partial charge in [-0.25, -0.2) is 0 Å². The summed E-state index contributed by atoms with van der Waals surface area (Å²) in [5, 5.41) is 20.0. The summed E-state index contributed by atoms with van der Waals surface area (Å²) in [5.74, 6) is 0. The second-order valence-electron chi connectivity index (χ2n) is 7.49. The van der Waals surface area contributed by atoms with Gasteiger partial charge in [0.15, 0.2) is 0 Å². The third kappa shape index (κ3) is 14.0. The van der Waals surface area contributed by atoms with Crippen molar-refractivity contribution < 1.29 is 10.2 Å². The van der Waals surface area contributed by atoms with Crippen molar-refractivity contribution in [3.8, 4) is 0 Å². The van der Waals surface area contributed by atoms with Gasteiger partial charge < -0.3 is 15.1 Å². The summed E-state index contributed by atoms with van der Waals surface area (Å²) >= 11 is 0. The number of aliphatic hydroxyl groups is 2. The van der Waals surface area contributed by atoms with Gasteiger partial charge in [-0.3, -0.25) is 0 Å². The van der Waals surface area contributed by atoms with E-state index in [2.05, 4.69) is 6.92 Å². The molecule has 0 aliphatic rings. The second-order valence-corrected chi connectivity index (χ2v) is 7.49. The van der Waals surface area contributed by atoms with Gasteiger partial charge in [0.2, 0.25) is 0 Å². The van der Waals surface area contributed by atoms with E-state index in [-0.39, 0.29) is 12.1 Å². The van der Waals surface area contributed by atoms with Crippen LogP contribution in [-0.4, -0.2) is 47.5 Å². The van der Waals surface area contributed by atoms with Crippen LogP contribution >= 0.6 is 0 Å². The maximum Gasteiger partial charge on any atom is 0.0717 e. The molecule has 140 valence electrons. The third-order valence-corrected chi connectivity index (χ3v) is 5.03. The molecular weight excluding hydrogens is 286 g/mol. The first kappa shape index (κ1) is 22.9. The van der Waals surface area contributed by atoms with E-state index >= 15 is 0 Å². The Hall–Kier alpha value is -0.120. The van der Waals surface area contributed by atoms with Crippen molar-refractivity contribution >= 4 is 0 Å². The highest BCUT2D eigenvalue weighted by Crippen LogP contribution is 2.15. The largest absolute Gasteiger partial charge is 0.393 e. The fraction of sp³-hybridized carbons (Fsp3) is 1.00. The summed E-state index contributed by atoms with van der Waals surface area (Å²) in [6.07, 6.45) is 15.2. The SMILES string of the molecule is CCCCCCCCCCCCC[C@H](O)C[C@H](O)C(C)N(C)C. The van der Waals surface area contributed by atoms with Crippen LogP contribution in [0.4, 0.5) is 0 Å². The summed E-state index contributed by atoms with van der Waals surface area (Å²) in [6, 6.07) is 0.0991. The highest BCUT2D eigenvalue weighted by atomic mass is 16.3. The normalized spacial score (nSPS) is 15.8. The molecule has 0 fully saturated rings. The molecule has 23 heavy (non-hydrogen) atoms. The van der Waals surface area contributed by atoms with Crippen LogP contribution in [-0.2, 0) is 0 Å². The Morgan fingerprint density at radius 2 is 1.17 bits per heavy atom. The van der Waals surface area contributed by atoms with Crippen LogP contribution in [0.25, 0.3) is 0 Å². The van der Waals surface area contributed by atoms with E-state index in [9.17, 15) is 10.2 Å². The first-order valence-electron chi connectivity index (χ1n) is 10.0. The Morgan fingerprint density at radius 3 is 1.61 bits per heavy atom. The number of likely N-dealkylation sites (N-methyl/N-ethyl adjacent to an activating group) is 1. The van der Waals surface area contributed by atoms with Gasteiger partial charge in [-0.1, -0.05) is 77.6 Å². The number of hydrogen-bond acceptors (Lipinski definition) is 3. The Kier molecular flexibility index (Phi) is 15.3. The van der Waals surface area contributed by atoms with Crippen molar-refractivity contribution in [2.75, 3.05) is 14.1 Å². The van der Waals surface area contributed by atoms with Crippen molar-refractivity contribution in [1.29, 1.82) is 0 Å². The van der Waals surface area contributed by atoms with Gasteiger partial charge in [-0.05, 0) is 27.4 Å². The predicted octanol–water partition coefficient (Wildman–Crippen LogP) is 4.75. The monoisotopic (exact) mass is 329 g/mol. The number of nitrogens with zero attached hydrogens (tertiary/aromatic N) is 1. The molecule has 2 N–H and O–H groups in total. The van der Waals surface area contributed by atoms with Gasteiger partial charge >= 0.3 is 0 Å². The molecule has 1 unspecified atom stereocenters. The van der Waals surface area contributed by atoms with E-state index in [0.29, 0.717) is 6.42 Å². The summed E-state index contributed by atoms with van der Waals surface area (Å²) in [6.45, 7) is 4.26. The molecule has 0 bridgehead atoms. The molecule has 0 aliphatic heterocycles. The van der Waals surface area contributed by atoms with Crippen molar-refractivity contribution in [2.45, 2.75) is 116 Å². The molecule has 3 atom stereocenters. The van der Waals surface area contributed by atoms with Gasteiger partial charge in [0.05, 0.1) is 12.2 Å². The average molecular weight is 330 g/mol. The van der Waals surface area contributed by atoms with Crippen LogP contribution in [0.3, 0.4) is 0 Å². The van der Waals surface area contributed by atoms with E-state index in [1.54, 1.807) is 0 Å². The fourth-order valence-electron chi connectivity index (χ4n) is 2.98. The van der Waals surface area contributed by atoms with Crippen LogP contribution in [0.15, 0.2) is 0 Å². The lowest BCUT2D eigenvalue weighted by molar-refractivity contribution is 0.0304. The molecule has 0 amide bonds. The van der Waals surface area contributed by atoms with Crippen LogP contribution in [0, 0.1) is 0 Å². The second kappa shape index (κ2) is 15.4. The van der Waals surface area contributed by atoms with Crippen molar-refractivity contribution in [1.82, 2.24) is 4.90 Å². The summed E-state index contributed by atoms with van der Waals surface area (Å²) < 4.78 is 0. The molecule has 0 heterocycles. The molecule has 0 aromatic rings. The highest BCUT2D eigenvalue weighted by molar-refractivity contribution is 4.74. The summed E-state index contributed by atoms with van der Waals surface area (Å²) in [4.78, 5) is 2.00. The molecule has 0 aliphatic carbocycles. The lowest BCUT2D eigenvalue weighted by atomic mass is 10.00. The minimum Gasteiger partial charge on any atom is -0.393 e. The highest BCUT2D eigenvalue weighted by Gasteiger charge is 2.19. The van der Waals surface area contributed by atoms with Crippen LogP contribution in [0.2, 0.25) is 0 Å². The van der Waals surface area contributed by atoms with E-state index in [0.717, 1.165) is 12.8 Å². The molecular formula is C20H43NO2. The molecule has 0 radical (unpaired) electrons. The molecule has 3 nitrogen and oxygen atoms in total. The van der Waals surface area contributed by atoms with Gasteiger partial charge in [-0.15, -0.1) is 0 Å². The number of aliphatic hydroxyl groups excluding tert-OH is 2. The molecule has 0 aromatic carbocycles. The van der Waals surface area contributed by atoms with E-state index in [1.807, 2.05) is 25.9 Å². The fourth-order valence-corrected chi connectivity index (χ4v) is 2.98. The number of hydrogen-bond donors (Lipinski definition) is 2. The standard InChI is InChI=1S/C20H43NO2/c1-5-6-7-8-9-10-11-12-13-14-15-16-19(22)17-20(23)18(2)21(3)4/h18-20,22-23H,5-17H2,1-4H3/t18?,19-,20-/m0/s1. The van der Waals surface area contributed by atoms with E-state index in [4.69, 9.17) is 0 Å². The maximum atomic E-state index is 10.0. The van der Waals surface area contributed by atoms with Gasteiger partial charge in [0.25, 0.3) is 0 Å². The van der Waals surface area contributed by atoms with Crippen LogP contribution in [0.1, 0.15) is 97.3 Å². The third-order valence-electron chi connectivity index (χ3n) is 5.03. The predicted molar refractivity (Wildman–Crippen MR) is 101 cm³/mol. The molecule has 0 saturated heterocycles. The van der Waals surface area contributed by atoms with Crippen molar-refractivity contribution in [3.05, 3.63) is 0 Å². The summed E-state index contributed by atoms with van der Waals surface area (Å²) in [7, 11) is 3.92. The first-order valence-corrected chi connectivity index (χ1v) is 10.0. The van der Waals surface area contributed by atoms with Gasteiger partial charge in [0, 0.05) is 12.5 Å². The minimum absolute atomic E-state index is 0.0991. The van der Waals surface area contributed by atoms with E-state index < -0.39 is 6.10 Å². The summed E-state index contributed by atoms with van der Waals surface area (Å²) in [5.41, 5.74) is 0. The number of rotatable bonds is 16. The lowest BCUT2D eigenvalue weighted by Crippen LogP contribution is -2.38. The first-order chi connectivity index (χ1) is 11.0. The van der Waals surface area contributed by atoms with Crippen molar-refractivity contribution in [3.63, 3.8) is 0 Å². The average Bonchev–Trinajstić information content (AvgIpc) is 2.51. The number of unbranched alkanes of at least 4 members (excludes halogenated alkanes) is 10. The Morgan fingerprint density at radius 1 is 0.739 bits per heavy atom. The zero-order valence-electron chi connectivity index (χ0n) is 16.3. The zero-order chi connectivity index (χ0) is 17.5. The lowest BCUT2D eigenvalue weighted by Gasteiger charge is -2.26. The smallest absolute Gasteiger partial charge is 0.0717 e. The maximum absolute atomic E-state index is 10.0. The van der Waals surface area contributed by atoms with Crippen LogP contribution < -0.4 is 0 Å². The van der Waals surface area contributed by atoms with Gasteiger partial charge in [-0.2, -0.15) is 0 Å². The Balaban J connectivity index is 3.37. The van der Waals surface area contributed by atoms with E-state index in [1.165, 1.54) is 64.2 Å². The molecule has 0 aromatic heterocycles. The minimum atomic E-state index is -0.437. The molecule has 0 spiro atoms. The Bertz CT molecular complexity index is 246. The quantitative estimate of drug-likeness (QED) is 0.402. The molecule has 0 rings (SSSR count). The van der Waals surface area contributed by atoms with Crippen LogP contribution in [0.5, 0.6) is 0 Å².